The number of aromatic nitrogens is 3. The van der Waals surface area contributed by atoms with E-state index in [0.717, 1.165) is 22.7 Å². The SMILES string of the molecule is Cc1nc(-c2ccc(CCNC(=O)CCc3nc(-c4ccc(C(C)C)cc4)no3)s2)cs1. The second-order valence-corrected chi connectivity index (χ2v) is 10.1. The number of nitrogens with zero attached hydrogens (tertiary/aromatic N) is 3. The molecule has 0 unspecified atom stereocenters. The highest BCUT2D eigenvalue weighted by atomic mass is 32.1. The van der Waals surface area contributed by atoms with Gasteiger partial charge in [0.15, 0.2) is 0 Å². The van der Waals surface area contributed by atoms with Gasteiger partial charge in [0.1, 0.15) is 0 Å². The first kappa shape index (κ1) is 22.4. The smallest absolute Gasteiger partial charge is 0.227 e. The first-order valence-electron chi connectivity index (χ1n) is 10.7. The molecule has 0 spiro atoms. The zero-order valence-electron chi connectivity index (χ0n) is 18.4. The lowest BCUT2D eigenvalue weighted by atomic mass is 10.0. The second-order valence-electron chi connectivity index (χ2n) is 7.91. The number of amides is 1. The highest BCUT2D eigenvalue weighted by Crippen LogP contribution is 2.29. The van der Waals surface area contributed by atoms with Gasteiger partial charge in [-0.3, -0.25) is 4.79 Å². The molecule has 0 radical (unpaired) electrons. The average Bonchev–Trinajstić information content (AvgIpc) is 3.53. The van der Waals surface area contributed by atoms with Crippen LogP contribution in [0, 0.1) is 6.92 Å². The predicted octanol–water partition coefficient (Wildman–Crippen LogP) is 5.64. The van der Waals surface area contributed by atoms with Crippen molar-refractivity contribution in [3.63, 3.8) is 0 Å². The molecule has 0 atom stereocenters. The number of carbonyl (C=O) groups excluding carboxylic acids is 1. The number of thiazole rings is 1. The zero-order valence-corrected chi connectivity index (χ0v) is 20.1. The molecule has 0 fully saturated rings. The normalized spacial score (nSPS) is 11.2. The monoisotopic (exact) mass is 466 g/mol. The van der Waals surface area contributed by atoms with Gasteiger partial charge in [-0.1, -0.05) is 43.3 Å². The van der Waals surface area contributed by atoms with Crippen LogP contribution in [-0.4, -0.2) is 27.6 Å². The quantitative estimate of drug-likeness (QED) is 0.345. The summed E-state index contributed by atoms with van der Waals surface area (Å²) in [6.07, 6.45) is 1.55. The minimum atomic E-state index is -0.0158. The Labute approximate surface area is 195 Å². The van der Waals surface area contributed by atoms with Crippen LogP contribution in [0.4, 0.5) is 0 Å². The van der Waals surface area contributed by atoms with Gasteiger partial charge in [0, 0.05) is 35.2 Å². The molecule has 4 rings (SSSR count). The fourth-order valence-corrected chi connectivity index (χ4v) is 4.91. The van der Waals surface area contributed by atoms with E-state index in [4.69, 9.17) is 4.52 Å². The maximum atomic E-state index is 12.2. The van der Waals surface area contributed by atoms with E-state index >= 15 is 0 Å². The summed E-state index contributed by atoms with van der Waals surface area (Å²) in [5, 5.41) is 10.2. The summed E-state index contributed by atoms with van der Waals surface area (Å²) in [7, 11) is 0. The third kappa shape index (κ3) is 5.69. The van der Waals surface area contributed by atoms with Crippen LogP contribution in [0.15, 0.2) is 46.3 Å². The van der Waals surface area contributed by atoms with Crippen LogP contribution in [-0.2, 0) is 17.6 Å². The lowest BCUT2D eigenvalue weighted by molar-refractivity contribution is -0.121. The van der Waals surface area contributed by atoms with Crippen molar-refractivity contribution < 1.29 is 9.32 Å². The van der Waals surface area contributed by atoms with E-state index in [-0.39, 0.29) is 5.91 Å². The summed E-state index contributed by atoms with van der Waals surface area (Å²) in [5.41, 5.74) is 3.21. The number of hydrogen-bond acceptors (Lipinski definition) is 7. The number of benzene rings is 1. The van der Waals surface area contributed by atoms with Crippen LogP contribution >= 0.6 is 22.7 Å². The summed E-state index contributed by atoms with van der Waals surface area (Å²) in [6.45, 7) is 6.94. The number of aryl methyl sites for hydroxylation is 2. The molecular formula is C24H26N4O2S2. The molecule has 3 aromatic heterocycles. The Morgan fingerprint density at radius 3 is 2.62 bits per heavy atom. The molecule has 6 nitrogen and oxygen atoms in total. The van der Waals surface area contributed by atoms with Gasteiger partial charge in [-0.15, -0.1) is 22.7 Å². The standard InChI is InChI=1S/C24H26N4O2S2/c1-15(2)17-4-6-18(7-5-17)24-27-23(30-28-24)11-10-22(29)25-13-12-19-8-9-21(32-19)20-14-31-16(3)26-20/h4-9,14-15H,10-13H2,1-3H3,(H,25,29). The molecule has 0 saturated heterocycles. The number of thiophene rings is 1. The molecule has 1 amide bonds. The molecule has 1 N–H and O–H groups in total. The van der Waals surface area contributed by atoms with Gasteiger partial charge in [-0.2, -0.15) is 4.98 Å². The van der Waals surface area contributed by atoms with E-state index in [9.17, 15) is 4.79 Å². The highest BCUT2D eigenvalue weighted by Gasteiger charge is 2.12. The third-order valence-electron chi connectivity index (χ3n) is 5.10. The zero-order chi connectivity index (χ0) is 22.5. The van der Waals surface area contributed by atoms with Gasteiger partial charge in [0.05, 0.1) is 15.6 Å². The molecule has 0 aliphatic heterocycles. The Balaban J connectivity index is 1.21. The summed E-state index contributed by atoms with van der Waals surface area (Å²) >= 11 is 3.38. The van der Waals surface area contributed by atoms with Crippen molar-refractivity contribution in [1.29, 1.82) is 0 Å². The number of hydrogen-bond donors (Lipinski definition) is 1. The minimum absolute atomic E-state index is 0.0158. The topological polar surface area (TPSA) is 80.9 Å². The first-order chi connectivity index (χ1) is 15.5. The first-order valence-corrected chi connectivity index (χ1v) is 12.4. The van der Waals surface area contributed by atoms with Gasteiger partial charge in [-0.05, 0) is 37.0 Å². The largest absolute Gasteiger partial charge is 0.356 e. The van der Waals surface area contributed by atoms with Crippen molar-refractivity contribution in [3.8, 4) is 22.0 Å². The van der Waals surface area contributed by atoms with E-state index in [1.54, 1.807) is 22.7 Å². The van der Waals surface area contributed by atoms with E-state index in [0.29, 0.717) is 37.0 Å². The van der Waals surface area contributed by atoms with Gasteiger partial charge < -0.3 is 9.84 Å². The molecule has 0 aliphatic carbocycles. The third-order valence-corrected chi connectivity index (χ3v) is 7.04. The fraction of sp³-hybridized carbons (Fsp3) is 0.333. The van der Waals surface area contributed by atoms with Crippen LogP contribution in [0.3, 0.4) is 0 Å². The van der Waals surface area contributed by atoms with Gasteiger partial charge in [0.25, 0.3) is 0 Å². The minimum Gasteiger partial charge on any atom is -0.356 e. The second kappa shape index (κ2) is 10.2. The van der Waals surface area contributed by atoms with Crippen molar-refractivity contribution in [2.24, 2.45) is 0 Å². The number of rotatable bonds is 9. The molecule has 166 valence electrons. The predicted molar refractivity (Wildman–Crippen MR) is 129 cm³/mol. The van der Waals surface area contributed by atoms with Crippen LogP contribution in [0.2, 0.25) is 0 Å². The summed E-state index contributed by atoms with van der Waals surface area (Å²) in [5.74, 6) is 1.49. The lowest BCUT2D eigenvalue weighted by Gasteiger charge is -2.04. The molecule has 0 aliphatic rings. The molecule has 0 saturated carbocycles. The molecule has 1 aromatic carbocycles. The van der Waals surface area contributed by atoms with E-state index in [2.05, 4.69) is 63.9 Å². The van der Waals surface area contributed by atoms with Gasteiger partial charge in [0.2, 0.25) is 17.6 Å². The van der Waals surface area contributed by atoms with Crippen LogP contribution in [0.5, 0.6) is 0 Å². The summed E-state index contributed by atoms with van der Waals surface area (Å²) < 4.78 is 5.32. The van der Waals surface area contributed by atoms with Crippen molar-refractivity contribution in [2.75, 3.05) is 6.54 Å². The maximum absolute atomic E-state index is 12.2. The van der Waals surface area contributed by atoms with E-state index in [1.165, 1.54) is 15.3 Å². The molecular weight excluding hydrogens is 440 g/mol. The van der Waals surface area contributed by atoms with Crippen LogP contribution in [0.1, 0.15) is 47.5 Å². The van der Waals surface area contributed by atoms with Crippen molar-refractivity contribution in [3.05, 3.63) is 63.1 Å². The van der Waals surface area contributed by atoms with E-state index in [1.807, 2.05) is 19.1 Å². The highest BCUT2D eigenvalue weighted by molar-refractivity contribution is 7.16. The molecule has 8 heteroatoms. The van der Waals surface area contributed by atoms with E-state index < -0.39 is 0 Å². The molecule has 0 bridgehead atoms. The molecule has 4 aromatic rings. The van der Waals surface area contributed by atoms with Gasteiger partial charge in [-0.25, -0.2) is 4.98 Å². The lowest BCUT2D eigenvalue weighted by Crippen LogP contribution is -2.25. The Bertz CT molecular complexity index is 1170. The molecule has 32 heavy (non-hydrogen) atoms. The van der Waals surface area contributed by atoms with Crippen LogP contribution in [0.25, 0.3) is 22.0 Å². The van der Waals surface area contributed by atoms with Crippen LogP contribution < -0.4 is 5.32 Å². The summed E-state index contributed by atoms with van der Waals surface area (Å²) in [6, 6.07) is 12.4. The average molecular weight is 467 g/mol. The van der Waals surface area contributed by atoms with Gasteiger partial charge >= 0.3 is 0 Å². The number of carbonyl (C=O) groups is 1. The fourth-order valence-electron chi connectivity index (χ4n) is 3.25. The Kier molecular flexibility index (Phi) is 7.12. The van der Waals surface area contributed by atoms with Crippen molar-refractivity contribution in [1.82, 2.24) is 20.4 Å². The summed E-state index contributed by atoms with van der Waals surface area (Å²) in [4.78, 5) is 23.6. The Morgan fingerprint density at radius 2 is 1.91 bits per heavy atom. The number of nitrogens with one attached hydrogen (secondary N) is 1. The van der Waals surface area contributed by atoms with Crippen molar-refractivity contribution in [2.45, 2.75) is 46.0 Å². The maximum Gasteiger partial charge on any atom is 0.227 e. The van der Waals surface area contributed by atoms with Crippen molar-refractivity contribution >= 4 is 28.6 Å². The Morgan fingerprint density at radius 1 is 1.09 bits per heavy atom. The molecule has 3 heterocycles. The Hall–Kier alpha value is -2.84.